The summed E-state index contributed by atoms with van der Waals surface area (Å²) in [6, 6.07) is 0. The standard InChI is InChI=1S/C18H29N/c1-17(2)12-8-5-3-4-6-9-13-18(19-16-17)14-10-7-11-15-18/h5-6,8-9,16H,3-4,7,10-15H2,1-2H3/b8-5+,9-6+,19-16+. The highest BCUT2D eigenvalue weighted by Crippen LogP contribution is 2.36. The van der Waals surface area contributed by atoms with Gasteiger partial charge in [-0.1, -0.05) is 57.4 Å². The number of allylic oxidation sites excluding steroid dienone is 3. The van der Waals surface area contributed by atoms with Crippen molar-refractivity contribution in [1.82, 2.24) is 0 Å². The van der Waals surface area contributed by atoms with Crippen LogP contribution in [0, 0.1) is 5.41 Å². The van der Waals surface area contributed by atoms with Crippen LogP contribution in [0.2, 0.25) is 0 Å². The van der Waals surface area contributed by atoms with Crippen molar-refractivity contribution in [2.24, 2.45) is 10.4 Å². The molecule has 2 rings (SSSR count). The Labute approximate surface area is 118 Å². The van der Waals surface area contributed by atoms with Gasteiger partial charge in [-0.2, -0.15) is 0 Å². The van der Waals surface area contributed by atoms with Gasteiger partial charge in [0.15, 0.2) is 0 Å². The molecule has 0 aromatic rings. The van der Waals surface area contributed by atoms with Crippen molar-refractivity contribution in [3.8, 4) is 0 Å². The zero-order valence-corrected chi connectivity index (χ0v) is 12.7. The maximum absolute atomic E-state index is 5.09. The molecule has 106 valence electrons. The maximum Gasteiger partial charge on any atom is 0.0638 e. The molecule has 1 heteroatoms. The predicted molar refractivity (Wildman–Crippen MR) is 84.8 cm³/mol. The second-order valence-corrected chi connectivity index (χ2v) is 6.96. The molecule has 0 unspecified atom stereocenters. The summed E-state index contributed by atoms with van der Waals surface area (Å²) in [5.41, 5.74) is 0.415. The largest absolute Gasteiger partial charge is 0.290 e. The van der Waals surface area contributed by atoms with Crippen LogP contribution in [0.5, 0.6) is 0 Å². The molecule has 0 atom stereocenters. The van der Waals surface area contributed by atoms with Gasteiger partial charge in [0.1, 0.15) is 0 Å². The van der Waals surface area contributed by atoms with Crippen molar-refractivity contribution in [3.63, 3.8) is 0 Å². The van der Waals surface area contributed by atoms with E-state index in [1.54, 1.807) is 0 Å². The summed E-state index contributed by atoms with van der Waals surface area (Å²) >= 11 is 0. The van der Waals surface area contributed by atoms with Crippen molar-refractivity contribution in [3.05, 3.63) is 24.3 Å². The fourth-order valence-corrected chi connectivity index (χ4v) is 3.08. The van der Waals surface area contributed by atoms with E-state index in [1.807, 2.05) is 0 Å². The highest BCUT2D eigenvalue weighted by molar-refractivity contribution is 5.65. The van der Waals surface area contributed by atoms with E-state index >= 15 is 0 Å². The second-order valence-electron chi connectivity index (χ2n) is 6.96. The Bertz CT molecular complexity index is 354. The van der Waals surface area contributed by atoms with Crippen LogP contribution in [0.25, 0.3) is 0 Å². The molecule has 0 amide bonds. The molecule has 19 heavy (non-hydrogen) atoms. The van der Waals surface area contributed by atoms with Gasteiger partial charge in [-0.05, 0) is 38.5 Å². The lowest BCUT2D eigenvalue weighted by atomic mass is 9.79. The van der Waals surface area contributed by atoms with Crippen LogP contribution in [0.15, 0.2) is 29.3 Å². The summed E-state index contributed by atoms with van der Waals surface area (Å²) < 4.78 is 0. The maximum atomic E-state index is 5.09. The summed E-state index contributed by atoms with van der Waals surface area (Å²) in [4.78, 5) is 5.09. The first-order valence-corrected chi connectivity index (χ1v) is 7.98. The van der Waals surface area contributed by atoms with Crippen molar-refractivity contribution in [2.45, 2.75) is 77.2 Å². The van der Waals surface area contributed by atoms with Gasteiger partial charge in [-0.3, -0.25) is 4.99 Å². The molecule has 0 radical (unpaired) electrons. The van der Waals surface area contributed by atoms with Crippen LogP contribution < -0.4 is 0 Å². The SMILES string of the molecule is CC1(C)/C=N/C2(C/C=C/CC/C=C/C1)CCCCC2. The Balaban J connectivity index is 2.17. The molecule has 1 aliphatic heterocycles. The number of aliphatic imine (C=N–C) groups is 1. The number of rotatable bonds is 0. The topological polar surface area (TPSA) is 12.4 Å². The van der Waals surface area contributed by atoms with E-state index in [4.69, 9.17) is 4.99 Å². The molecule has 0 aromatic heterocycles. The van der Waals surface area contributed by atoms with Crippen LogP contribution in [0.3, 0.4) is 0 Å². The van der Waals surface area contributed by atoms with Gasteiger partial charge >= 0.3 is 0 Å². The summed E-state index contributed by atoms with van der Waals surface area (Å²) in [7, 11) is 0. The van der Waals surface area contributed by atoms with Crippen molar-refractivity contribution in [1.29, 1.82) is 0 Å². The number of nitrogens with zero attached hydrogens (tertiary/aromatic N) is 1. The molecular weight excluding hydrogens is 230 g/mol. The first-order chi connectivity index (χ1) is 9.12. The molecule has 1 spiro atoms. The van der Waals surface area contributed by atoms with Crippen molar-refractivity contribution < 1.29 is 0 Å². The Hall–Kier alpha value is -0.850. The third-order valence-corrected chi connectivity index (χ3v) is 4.45. The Kier molecular flexibility index (Phi) is 5.01. The monoisotopic (exact) mass is 259 g/mol. The van der Waals surface area contributed by atoms with Gasteiger partial charge in [0.25, 0.3) is 0 Å². The summed E-state index contributed by atoms with van der Waals surface area (Å²) in [5, 5.41) is 0. The molecule has 1 heterocycles. The second kappa shape index (κ2) is 6.54. The molecule has 0 aromatic carbocycles. The van der Waals surface area contributed by atoms with E-state index in [9.17, 15) is 0 Å². The van der Waals surface area contributed by atoms with Crippen LogP contribution in [0.1, 0.15) is 71.6 Å². The Morgan fingerprint density at radius 3 is 2.11 bits per heavy atom. The van der Waals surface area contributed by atoms with Gasteiger partial charge in [0, 0.05) is 11.6 Å². The molecular formula is C18H29N. The normalized spacial score (nSPS) is 31.9. The van der Waals surface area contributed by atoms with Gasteiger partial charge in [0.05, 0.1) is 5.54 Å². The van der Waals surface area contributed by atoms with Crippen molar-refractivity contribution in [2.75, 3.05) is 0 Å². The molecule has 1 nitrogen and oxygen atoms in total. The van der Waals surface area contributed by atoms with Gasteiger partial charge < -0.3 is 0 Å². The fourth-order valence-electron chi connectivity index (χ4n) is 3.08. The van der Waals surface area contributed by atoms with Crippen LogP contribution in [-0.4, -0.2) is 11.8 Å². The average molecular weight is 259 g/mol. The highest BCUT2D eigenvalue weighted by atomic mass is 14.9. The van der Waals surface area contributed by atoms with Crippen LogP contribution in [-0.2, 0) is 0 Å². The third kappa shape index (κ3) is 4.63. The first-order valence-electron chi connectivity index (χ1n) is 7.98. The number of hydrogen-bond acceptors (Lipinski definition) is 1. The molecule has 0 N–H and O–H groups in total. The lowest BCUT2D eigenvalue weighted by Crippen LogP contribution is -2.30. The van der Waals surface area contributed by atoms with E-state index in [1.165, 1.54) is 44.9 Å². The van der Waals surface area contributed by atoms with Gasteiger partial charge in [0.2, 0.25) is 0 Å². The lowest BCUT2D eigenvalue weighted by molar-refractivity contribution is 0.299. The van der Waals surface area contributed by atoms with E-state index in [-0.39, 0.29) is 11.0 Å². The molecule has 1 fully saturated rings. The molecule has 2 aliphatic rings. The van der Waals surface area contributed by atoms with Gasteiger partial charge in [-0.25, -0.2) is 0 Å². The smallest absolute Gasteiger partial charge is 0.0638 e. The van der Waals surface area contributed by atoms with E-state index in [0.29, 0.717) is 0 Å². The van der Waals surface area contributed by atoms with E-state index in [0.717, 1.165) is 12.8 Å². The Morgan fingerprint density at radius 2 is 1.42 bits per heavy atom. The third-order valence-electron chi connectivity index (χ3n) is 4.45. The van der Waals surface area contributed by atoms with E-state index in [2.05, 4.69) is 44.4 Å². The fraction of sp³-hybridized carbons (Fsp3) is 0.722. The van der Waals surface area contributed by atoms with Crippen LogP contribution in [0.4, 0.5) is 0 Å². The molecule has 1 saturated carbocycles. The predicted octanol–water partition coefficient (Wildman–Crippen LogP) is 5.47. The minimum Gasteiger partial charge on any atom is -0.290 e. The van der Waals surface area contributed by atoms with E-state index < -0.39 is 0 Å². The average Bonchev–Trinajstić information content (AvgIpc) is 2.40. The quantitative estimate of drug-likeness (QED) is 0.511. The minimum atomic E-state index is 0.198. The zero-order chi connectivity index (χ0) is 13.6. The van der Waals surface area contributed by atoms with Gasteiger partial charge in [-0.15, -0.1) is 0 Å². The highest BCUT2D eigenvalue weighted by Gasteiger charge is 2.30. The molecule has 0 saturated heterocycles. The van der Waals surface area contributed by atoms with Crippen LogP contribution >= 0.6 is 0 Å². The minimum absolute atomic E-state index is 0.198. The summed E-state index contributed by atoms with van der Waals surface area (Å²) in [5.74, 6) is 0. The van der Waals surface area contributed by atoms with Crippen molar-refractivity contribution >= 4 is 6.21 Å². The summed E-state index contributed by atoms with van der Waals surface area (Å²) in [6.45, 7) is 4.61. The number of hydrogen-bond donors (Lipinski definition) is 0. The first kappa shape index (κ1) is 14.6. The Morgan fingerprint density at radius 1 is 0.789 bits per heavy atom. The lowest BCUT2D eigenvalue weighted by Gasteiger charge is -2.34. The molecule has 0 bridgehead atoms. The summed E-state index contributed by atoms with van der Waals surface area (Å²) in [6.07, 6.45) is 22.9. The zero-order valence-electron chi connectivity index (χ0n) is 12.7. The molecule has 1 aliphatic carbocycles.